The lowest BCUT2D eigenvalue weighted by Crippen LogP contribution is -2.14. The van der Waals surface area contributed by atoms with E-state index in [1.165, 1.54) is 18.2 Å². The number of anilines is 1. The van der Waals surface area contributed by atoms with Gasteiger partial charge in [-0.2, -0.15) is 0 Å². The summed E-state index contributed by atoms with van der Waals surface area (Å²) in [6, 6.07) is 4.10. The first-order valence-electron chi connectivity index (χ1n) is 5.36. The second-order valence-corrected chi connectivity index (χ2v) is 3.83. The highest BCUT2D eigenvalue weighted by Crippen LogP contribution is 2.27. The van der Waals surface area contributed by atoms with Gasteiger partial charge in [-0.1, -0.05) is 11.6 Å². The summed E-state index contributed by atoms with van der Waals surface area (Å²) < 4.78 is 5.03. The average Bonchev–Trinajstić information content (AvgIpc) is 2.31. The molecule has 1 aromatic carbocycles. The zero-order chi connectivity index (χ0) is 13.5. The Morgan fingerprint density at radius 2 is 2.28 bits per heavy atom. The van der Waals surface area contributed by atoms with E-state index in [-0.39, 0.29) is 23.0 Å². The minimum absolute atomic E-state index is 0.0346. The molecule has 98 valence electrons. The molecule has 0 saturated carbocycles. The van der Waals surface area contributed by atoms with Crippen LogP contribution in [0.1, 0.15) is 13.3 Å². The first-order chi connectivity index (χ1) is 8.54. The normalized spacial score (nSPS) is 10.1. The van der Waals surface area contributed by atoms with Crippen LogP contribution in [0.25, 0.3) is 0 Å². The molecular weight excluding hydrogens is 260 g/mol. The smallest absolute Gasteiger partial charge is 0.289 e. The second-order valence-electron chi connectivity index (χ2n) is 3.42. The van der Waals surface area contributed by atoms with Crippen LogP contribution in [0.5, 0.6) is 0 Å². The summed E-state index contributed by atoms with van der Waals surface area (Å²) >= 11 is 5.66. The third kappa shape index (κ3) is 4.31. The van der Waals surface area contributed by atoms with Gasteiger partial charge in [0, 0.05) is 18.4 Å². The van der Waals surface area contributed by atoms with Gasteiger partial charge in [-0.15, -0.1) is 0 Å². The van der Waals surface area contributed by atoms with E-state index in [2.05, 4.69) is 5.32 Å². The fourth-order valence-corrected chi connectivity index (χ4v) is 1.45. The number of hydrogen-bond donors (Lipinski definition) is 1. The predicted molar refractivity (Wildman–Crippen MR) is 67.8 cm³/mol. The molecule has 0 aromatic heterocycles. The number of rotatable bonds is 6. The number of nitrogens with zero attached hydrogens (tertiary/aromatic N) is 1. The van der Waals surface area contributed by atoms with Crippen molar-refractivity contribution < 1.29 is 14.5 Å². The van der Waals surface area contributed by atoms with Crippen LogP contribution >= 0.6 is 11.6 Å². The third-order valence-corrected chi connectivity index (χ3v) is 2.42. The lowest BCUT2D eigenvalue weighted by atomic mass is 10.2. The van der Waals surface area contributed by atoms with Crippen molar-refractivity contribution in [3.05, 3.63) is 33.3 Å². The van der Waals surface area contributed by atoms with E-state index in [1.807, 2.05) is 6.92 Å². The summed E-state index contributed by atoms with van der Waals surface area (Å²) in [4.78, 5) is 21.5. The van der Waals surface area contributed by atoms with E-state index in [4.69, 9.17) is 16.3 Å². The van der Waals surface area contributed by atoms with E-state index in [9.17, 15) is 14.9 Å². The van der Waals surface area contributed by atoms with Gasteiger partial charge in [-0.25, -0.2) is 0 Å². The number of hydrogen-bond acceptors (Lipinski definition) is 4. The quantitative estimate of drug-likeness (QED) is 0.490. The largest absolute Gasteiger partial charge is 0.381 e. The molecule has 0 aliphatic rings. The van der Waals surface area contributed by atoms with Gasteiger partial charge in [0.25, 0.3) is 5.69 Å². The molecule has 0 heterocycles. The average molecular weight is 273 g/mol. The molecule has 0 saturated heterocycles. The maximum atomic E-state index is 11.5. The zero-order valence-corrected chi connectivity index (χ0v) is 10.6. The van der Waals surface area contributed by atoms with Crippen LogP contribution in [0.4, 0.5) is 11.4 Å². The van der Waals surface area contributed by atoms with Crippen LogP contribution in [0.3, 0.4) is 0 Å². The van der Waals surface area contributed by atoms with Crippen LogP contribution in [0.15, 0.2) is 18.2 Å². The molecule has 18 heavy (non-hydrogen) atoms. The zero-order valence-electron chi connectivity index (χ0n) is 9.81. The van der Waals surface area contributed by atoms with Crippen LogP contribution in [0, 0.1) is 10.1 Å². The Balaban J connectivity index is 2.65. The molecule has 1 aromatic rings. The summed E-state index contributed by atoms with van der Waals surface area (Å²) in [5, 5.41) is 13.2. The number of nitro groups is 1. The Kier molecular flexibility index (Phi) is 5.54. The second kappa shape index (κ2) is 6.93. The van der Waals surface area contributed by atoms with Crippen molar-refractivity contribution in [1.82, 2.24) is 0 Å². The highest BCUT2D eigenvalue weighted by atomic mass is 35.5. The lowest BCUT2D eigenvalue weighted by molar-refractivity contribution is -0.384. The topological polar surface area (TPSA) is 81.5 Å². The van der Waals surface area contributed by atoms with Crippen molar-refractivity contribution in [2.45, 2.75) is 13.3 Å². The first kappa shape index (κ1) is 14.4. The van der Waals surface area contributed by atoms with Crippen molar-refractivity contribution in [3.8, 4) is 0 Å². The summed E-state index contributed by atoms with van der Waals surface area (Å²) in [6.07, 6.45) is 0.199. The van der Waals surface area contributed by atoms with Crippen LogP contribution < -0.4 is 5.32 Å². The predicted octanol–water partition coefficient (Wildman–Crippen LogP) is 2.61. The number of nitrogens with one attached hydrogen (secondary N) is 1. The molecule has 0 aliphatic heterocycles. The number of carbonyl (C=O) groups excluding carboxylic acids is 1. The molecule has 1 amide bonds. The molecule has 7 heteroatoms. The maximum absolute atomic E-state index is 11.5. The number of halogens is 1. The Labute approximate surface area is 109 Å². The highest BCUT2D eigenvalue weighted by molar-refractivity contribution is 6.32. The van der Waals surface area contributed by atoms with E-state index in [0.717, 1.165) is 0 Å². The molecule has 0 fully saturated rings. The van der Waals surface area contributed by atoms with Crippen molar-refractivity contribution in [2.24, 2.45) is 0 Å². The third-order valence-electron chi connectivity index (χ3n) is 2.10. The van der Waals surface area contributed by atoms with E-state index >= 15 is 0 Å². The van der Waals surface area contributed by atoms with E-state index < -0.39 is 4.92 Å². The standard InChI is InChI=1S/C11H13ClN2O4/c1-2-18-6-5-11(15)13-8-3-4-9(12)10(7-8)14(16)17/h3-4,7H,2,5-6H2,1H3,(H,13,15). The molecule has 0 bridgehead atoms. The maximum Gasteiger partial charge on any atom is 0.289 e. The summed E-state index contributed by atoms with van der Waals surface area (Å²) in [7, 11) is 0. The Morgan fingerprint density at radius 3 is 2.89 bits per heavy atom. The molecule has 0 radical (unpaired) electrons. The van der Waals surface area contributed by atoms with Crippen molar-refractivity contribution in [3.63, 3.8) is 0 Å². The van der Waals surface area contributed by atoms with Gasteiger partial charge in [0.2, 0.25) is 5.91 Å². The van der Waals surface area contributed by atoms with Crippen LogP contribution in [0.2, 0.25) is 5.02 Å². The number of amides is 1. The summed E-state index contributed by atoms with van der Waals surface area (Å²) in [6.45, 7) is 2.69. The molecule has 0 unspecified atom stereocenters. The van der Waals surface area contributed by atoms with E-state index in [0.29, 0.717) is 18.9 Å². The first-order valence-corrected chi connectivity index (χ1v) is 5.74. The van der Waals surface area contributed by atoms with Gasteiger partial charge in [-0.3, -0.25) is 14.9 Å². The van der Waals surface area contributed by atoms with Crippen LogP contribution in [-0.2, 0) is 9.53 Å². The van der Waals surface area contributed by atoms with Crippen LogP contribution in [-0.4, -0.2) is 24.0 Å². The molecule has 0 aliphatic carbocycles. The van der Waals surface area contributed by atoms with Gasteiger partial charge in [0.15, 0.2) is 0 Å². The van der Waals surface area contributed by atoms with Gasteiger partial charge >= 0.3 is 0 Å². The fraction of sp³-hybridized carbons (Fsp3) is 0.364. The monoisotopic (exact) mass is 272 g/mol. The van der Waals surface area contributed by atoms with Gasteiger partial charge in [-0.05, 0) is 19.1 Å². The summed E-state index contributed by atoms with van der Waals surface area (Å²) in [5.41, 5.74) is 0.104. The molecule has 0 spiro atoms. The summed E-state index contributed by atoms with van der Waals surface area (Å²) in [5.74, 6) is -0.264. The van der Waals surface area contributed by atoms with Gasteiger partial charge in [0.1, 0.15) is 5.02 Å². The minimum atomic E-state index is -0.599. The number of nitro benzene ring substituents is 1. The number of carbonyl (C=O) groups is 1. The molecular formula is C11H13ClN2O4. The van der Waals surface area contributed by atoms with Crippen molar-refractivity contribution in [1.29, 1.82) is 0 Å². The fourth-order valence-electron chi connectivity index (χ4n) is 1.26. The van der Waals surface area contributed by atoms with Gasteiger partial charge < -0.3 is 10.1 Å². The van der Waals surface area contributed by atoms with E-state index in [1.54, 1.807) is 0 Å². The van der Waals surface area contributed by atoms with Crippen molar-refractivity contribution in [2.75, 3.05) is 18.5 Å². The SMILES string of the molecule is CCOCCC(=O)Nc1ccc(Cl)c([N+](=O)[O-])c1. The Morgan fingerprint density at radius 1 is 1.56 bits per heavy atom. The Hall–Kier alpha value is -1.66. The number of ether oxygens (including phenoxy) is 1. The van der Waals surface area contributed by atoms with Gasteiger partial charge in [0.05, 0.1) is 18.0 Å². The lowest BCUT2D eigenvalue weighted by Gasteiger charge is -2.05. The Bertz CT molecular complexity index is 451. The molecule has 1 rings (SSSR count). The highest BCUT2D eigenvalue weighted by Gasteiger charge is 2.13. The molecule has 6 nitrogen and oxygen atoms in total. The number of benzene rings is 1. The van der Waals surface area contributed by atoms with Crippen molar-refractivity contribution >= 4 is 28.9 Å². The molecule has 1 N–H and O–H groups in total. The minimum Gasteiger partial charge on any atom is -0.381 e. The molecule has 0 atom stereocenters.